The largest absolute Gasteiger partial charge is 0.479 e. The van der Waals surface area contributed by atoms with Crippen LogP contribution in [0.3, 0.4) is 0 Å². The van der Waals surface area contributed by atoms with Gasteiger partial charge in [0.15, 0.2) is 5.82 Å². The molecular weight excluding hydrogens is 284 g/mol. The number of primary amides is 1. The first-order chi connectivity index (χ1) is 10.5. The average molecular weight is 296 g/mol. The summed E-state index contributed by atoms with van der Waals surface area (Å²) in [6.45, 7) is 0. The van der Waals surface area contributed by atoms with Crippen LogP contribution in [0.25, 0.3) is 0 Å². The second-order valence-corrected chi connectivity index (χ2v) is 4.19. The van der Waals surface area contributed by atoms with Crippen LogP contribution in [0.4, 0.5) is 5.82 Å². The number of carbonyl (C=O) groups is 2. The Hall–Kier alpha value is -3.40. The molecule has 2 rings (SSSR count). The zero-order chi connectivity index (χ0) is 16.1. The molecule has 3 N–H and O–H groups in total. The van der Waals surface area contributed by atoms with Gasteiger partial charge in [-0.25, -0.2) is 0 Å². The molecule has 0 radical (unpaired) electrons. The van der Waals surface area contributed by atoms with E-state index in [9.17, 15) is 9.59 Å². The number of carbonyl (C=O) groups excluding carboxylic acids is 2. The minimum absolute atomic E-state index is 0.192. The van der Waals surface area contributed by atoms with Crippen LogP contribution in [-0.2, 0) is 0 Å². The standard InChI is InChI=1S/C15H12N4O3/c1-3-9-8-12(18-19-15(9)22-2)17-14(21)11-6-4-10(5-7-11)13(16)20/h1,4-8H,2H3,(H2,16,20)(H,17,18,21). The van der Waals surface area contributed by atoms with Crippen molar-refractivity contribution in [3.05, 3.63) is 47.0 Å². The molecular formula is C15H12N4O3. The molecule has 7 heteroatoms. The molecule has 0 spiro atoms. The summed E-state index contributed by atoms with van der Waals surface area (Å²) in [5.41, 5.74) is 6.16. The van der Waals surface area contributed by atoms with E-state index < -0.39 is 11.8 Å². The third-order valence-corrected chi connectivity index (χ3v) is 2.78. The lowest BCUT2D eigenvalue weighted by Crippen LogP contribution is -2.15. The first-order valence-corrected chi connectivity index (χ1v) is 6.14. The highest BCUT2D eigenvalue weighted by Gasteiger charge is 2.11. The number of benzene rings is 1. The fourth-order valence-corrected chi connectivity index (χ4v) is 1.67. The zero-order valence-electron chi connectivity index (χ0n) is 11.7. The van der Waals surface area contributed by atoms with Crippen molar-refractivity contribution < 1.29 is 14.3 Å². The fourth-order valence-electron chi connectivity index (χ4n) is 1.67. The monoisotopic (exact) mass is 296 g/mol. The van der Waals surface area contributed by atoms with Gasteiger partial charge in [0.05, 0.1) is 12.7 Å². The van der Waals surface area contributed by atoms with Gasteiger partial charge in [-0.3, -0.25) is 9.59 Å². The average Bonchev–Trinajstić information content (AvgIpc) is 2.54. The molecule has 0 saturated heterocycles. The van der Waals surface area contributed by atoms with Crippen molar-refractivity contribution in [3.63, 3.8) is 0 Å². The van der Waals surface area contributed by atoms with E-state index in [1.54, 1.807) is 0 Å². The Morgan fingerprint density at radius 1 is 1.23 bits per heavy atom. The van der Waals surface area contributed by atoms with Crippen molar-refractivity contribution in [1.82, 2.24) is 10.2 Å². The molecule has 1 aromatic heterocycles. The van der Waals surface area contributed by atoms with Gasteiger partial charge >= 0.3 is 0 Å². The molecule has 22 heavy (non-hydrogen) atoms. The van der Waals surface area contributed by atoms with Crippen molar-refractivity contribution in [2.75, 3.05) is 12.4 Å². The highest BCUT2D eigenvalue weighted by Crippen LogP contribution is 2.16. The molecule has 0 atom stereocenters. The smallest absolute Gasteiger partial charge is 0.256 e. The lowest BCUT2D eigenvalue weighted by Gasteiger charge is -2.06. The number of rotatable bonds is 4. The first-order valence-electron chi connectivity index (χ1n) is 6.14. The Balaban J connectivity index is 2.18. The van der Waals surface area contributed by atoms with E-state index in [0.717, 1.165) is 0 Å². The number of anilines is 1. The highest BCUT2D eigenvalue weighted by atomic mass is 16.5. The first kappa shape index (κ1) is 15.0. The molecule has 0 aliphatic heterocycles. The second-order valence-electron chi connectivity index (χ2n) is 4.19. The van der Waals surface area contributed by atoms with Gasteiger partial charge in [-0.05, 0) is 24.3 Å². The van der Waals surface area contributed by atoms with Gasteiger partial charge in [-0.2, -0.15) is 0 Å². The Kier molecular flexibility index (Phi) is 4.34. The number of hydrogen-bond donors (Lipinski definition) is 2. The Morgan fingerprint density at radius 3 is 2.41 bits per heavy atom. The topological polar surface area (TPSA) is 107 Å². The molecule has 110 valence electrons. The summed E-state index contributed by atoms with van der Waals surface area (Å²) < 4.78 is 4.94. The maximum Gasteiger partial charge on any atom is 0.256 e. The van der Waals surface area contributed by atoms with Crippen LogP contribution in [0, 0.1) is 12.3 Å². The molecule has 0 aliphatic carbocycles. The molecule has 2 amide bonds. The molecule has 1 aromatic carbocycles. The molecule has 1 heterocycles. The molecule has 0 saturated carbocycles. The Labute approximate surface area is 126 Å². The van der Waals surface area contributed by atoms with Crippen molar-refractivity contribution in [1.29, 1.82) is 0 Å². The maximum atomic E-state index is 12.1. The van der Waals surface area contributed by atoms with Gasteiger partial charge in [-0.1, -0.05) is 5.92 Å². The second kappa shape index (κ2) is 6.37. The Bertz CT molecular complexity index is 763. The van der Waals surface area contributed by atoms with Crippen molar-refractivity contribution in [3.8, 4) is 18.2 Å². The number of ether oxygens (including phenoxy) is 1. The van der Waals surface area contributed by atoms with Crippen LogP contribution in [0.5, 0.6) is 5.88 Å². The van der Waals surface area contributed by atoms with E-state index in [-0.39, 0.29) is 11.7 Å². The van der Waals surface area contributed by atoms with Crippen LogP contribution in [0.2, 0.25) is 0 Å². The summed E-state index contributed by atoms with van der Waals surface area (Å²) in [4.78, 5) is 23.0. The van der Waals surface area contributed by atoms with Gasteiger partial charge in [0, 0.05) is 17.2 Å². The van der Waals surface area contributed by atoms with Crippen molar-refractivity contribution >= 4 is 17.6 Å². The van der Waals surface area contributed by atoms with E-state index in [4.69, 9.17) is 16.9 Å². The number of hydrogen-bond acceptors (Lipinski definition) is 5. The number of nitrogens with two attached hydrogens (primary N) is 1. The van der Waals surface area contributed by atoms with Crippen LogP contribution >= 0.6 is 0 Å². The maximum absolute atomic E-state index is 12.1. The van der Waals surface area contributed by atoms with E-state index in [2.05, 4.69) is 21.4 Å². The summed E-state index contributed by atoms with van der Waals surface area (Å²) in [7, 11) is 1.42. The predicted molar refractivity (Wildman–Crippen MR) is 79.4 cm³/mol. The number of terminal acetylenes is 1. The highest BCUT2D eigenvalue weighted by molar-refractivity contribution is 6.04. The lowest BCUT2D eigenvalue weighted by atomic mass is 10.1. The summed E-state index contributed by atoms with van der Waals surface area (Å²) in [6, 6.07) is 7.36. The molecule has 0 fully saturated rings. The minimum Gasteiger partial charge on any atom is -0.479 e. The summed E-state index contributed by atoms with van der Waals surface area (Å²) in [6.07, 6.45) is 5.33. The van der Waals surface area contributed by atoms with Gasteiger partial charge in [0.25, 0.3) is 5.91 Å². The molecule has 0 unspecified atom stereocenters. The number of nitrogens with one attached hydrogen (secondary N) is 1. The van der Waals surface area contributed by atoms with E-state index in [1.807, 2.05) is 0 Å². The van der Waals surface area contributed by atoms with Crippen LogP contribution in [0.15, 0.2) is 30.3 Å². The molecule has 0 aliphatic rings. The lowest BCUT2D eigenvalue weighted by molar-refractivity contribution is 0.0995. The van der Waals surface area contributed by atoms with Gasteiger partial charge in [-0.15, -0.1) is 16.6 Å². The number of methoxy groups -OCH3 is 1. The van der Waals surface area contributed by atoms with E-state index in [1.165, 1.54) is 37.4 Å². The predicted octanol–water partition coefficient (Wildman–Crippen LogP) is 0.818. The molecule has 0 bridgehead atoms. The SMILES string of the molecule is C#Cc1cc(NC(=O)c2ccc(C(N)=O)cc2)nnc1OC. The molecule has 7 nitrogen and oxygen atoms in total. The quantitative estimate of drug-likeness (QED) is 0.812. The van der Waals surface area contributed by atoms with Crippen LogP contribution in [-0.4, -0.2) is 29.1 Å². The van der Waals surface area contributed by atoms with Crippen LogP contribution < -0.4 is 15.8 Å². The number of amides is 2. The normalized spacial score (nSPS) is 9.64. The van der Waals surface area contributed by atoms with E-state index >= 15 is 0 Å². The van der Waals surface area contributed by atoms with Gasteiger partial charge in [0.2, 0.25) is 11.8 Å². The molecule has 2 aromatic rings. The third-order valence-electron chi connectivity index (χ3n) is 2.78. The zero-order valence-corrected chi connectivity index (χ0v) is 11.7. The number of aromatic nitrogens is 2. The minimum atomic E-state index is -0.563. The van der Waals surface area contributed by atoms with Crippen LogP contribution in [0.1, 0.15) is 26.3 Å². The Morgan fingerprint density at radius 2 is 1.86 bits per heavy atom. The summed E-state index contributed by atoms with van der Waals surface area (Å²) in [5.74, 6) is 1.80. The van der Waals surface area contributed by atoms with E-state index in [0.29, 0.717) is 16.7 Å². The van der Waals surface area contributed by atoms with Gasteiger partial charge < -0.3 is 15.8 Å². The number of nitrogens with zero attached hydrogens (tertiary/aromatic N) is 2. The fraction of sp³-hybridized carbons (Fsp3) is 0.0667. The summed E-state index contributed by atoms with van der Waals surface area (Å²) >= 11 is 0. The van der Waals surface area contributed by atoms with Gasteiger partial charge in [0.1, 0.15) is 0 Å². The summed E-state index contributed by atoms with van der Waals surface area (Å²) in [5, 5.41) is 10.1. The van der Waals surface area contributed by atoms with Crippen molar-refractivity contribution in [2.24, 2.45) is 5.73 Å². The third kappa shape index (κ3) is 3.19. The van der Waals surface area contributed by atoms with Crippen molar-refractivity contribution in [2.45, 2.75) is 0 Å².